The molecule has 2 heterocycles. The summed E-state index contributed by atoms with van der Waals surface area (Å²) in [6.07, 6.45) is 0. The monoisotopic (exact) mass is 317 g/mol. The minimum atomic E-state index is 0.564. The first-order valence-corrected chi connectivity index (χ1v) is 8.07. The van der Waals surface area contributed by atoms with E-state index in [0.29, 0.717) is 11.8 Å². The molecular formula is C20H19N3O. The van der Waals surface area contributed by atoms with Crippen LogP contribution in [0.2, 0.25) is 0 Å². The normalized spacial score (nSPS) is 11.3. The van der Waals surface area contributed by atoms with Gasteiger partial charge in [-0.05, 0) is 37.1 Å². The molecule has 0 saturated heterocycles. The molecule has 0 unspecified atom stereocenters. The van der Waals surface area contributed by atoms with Crippen LogP contribution >= 0.6 is 0 Å². The number of rotatable bonds is 3. The van der Waals surface area contributed by atoms with Crippen molar-refractivity contribution in [3.63, 3.8) is 0 Å². The van der Waals surface area contributed by atoms with E-state index < -0.39 is 0 Å². The molecule has 0 fully saturated rings. The number of para-hydroxylation sites is 1. The van der Waals surface area contributed by atoms with Crippen molar-refractivity contribution < 1.29 is 4.42 Å². The van der Waals surface area contributed by atoms with Crippen LogP contribution in [0.4, 0.5) is 0 Å². The van der Waals surface area contributed by atoms with Crippen LogP contribution in [0.5, 0.6) is 0 Å². The Morgan fingerprint density at radius 3 is 2.58 bits per heavy atom. The smallest absolute Gasteiger partial charge is 0.264 e. The third-order valence-electron chi connectivity index (χ3n) is 4.39. The summed E-state index contributed by atoms with van der Waals surface area (Å²) < 4.78 is 7.94. The first kappa shape index (κ1) is 14.7. The maximum absolute atomic E-state index is 5.69. The number of nitrogens with zero attached hydrogens (tertiary/aromatic N) is 3. The van der Waals surface area contributed by atoms with Crippen LogP contribution in [0.15, 0.2) is 52.9 Å². The summed E-state index contributed by atoms with van der Waals surface area (Å²) in [5.74, 6) is 1.14. The van der Waals surface area contributed by atoms with Gasteiger partial charge in [-0.3, -0.25) is 0 Å². The van der Waals surface area contributed by atoms with Crippen molar-refractivity contribution in [1.82, 2.24) is 14.8 Å². The van der Waals surface area contributed by atoms with Gasteiger partial charge in [0.1, 0.15) is 5.69 Å². The average Bonchev–Trinajstić information content (AvgIpc) is 3.15. The summed E-state index contributed by atoms with van der Waals surface area (Å²) >= 11 is 0. The third kappa shape index (κ3) is 2.50. The third-order valence-corrected chi connectivity index (χ3v) is 4.39. The van der Waals surface area contributed by atoms with E-state index in [2.05, 4.69) is 71.1 Å². The molecule has 0 radical (unpaired) electrons. The van der Waals surface area contributed by atoms with E-state index in [1.807, 2.05) is 13.0 Å². The van der Waals surface area contributed by atoms with Crippen LogP contribution in [0.25, 0.3) is 22.5 Å². The van der Waals surface area contributed by atoms with Crippen molar-refractivity contribution in [3.05, 3.63) is 71.1 Å². The summed E-state index contributed by atoms with van der Waals surface area (Å²) in [7, 11) is 0. The average molecular weight is 317 g/mol. The summed E-state index contributed by atoms with van der Waals surface area (Å²) in [5, 5.41) is 9.37. The quantitative estimate of drug-likeness (QED) is 0.552. The maximum Gasteiger partial charge on any atom is 0.264 e. The van der Waals surface area contributed by atoms with Gasteiger partial charge in [-0.1, -0.05) is 42.0 Å². The Morgan fingerprint density at radius 1 is 0.958 bits per heavy atom. The Labute approximate surface area is 140 Å². The molecule has 0 aliphatic carbocycles. The zero-order chi connectivity index (χ0) is 16.7. The molecule has 0 saturated carbocycles. The molecule has 24 heavy (non-hydrogen) atoms. The van der Waals surface area contributed by atoms with Gasteiger partial charge in [-0.15, -0.1) is 10.2 Å². The van der Waals surface area contributed by atoms with Gasteiger partial charge in [-0.25, -0.2) is 0 Å². The van der Waals surface area contributed by atoms with Gasteiger partial charge in [0.05, 0.1) is 0 Å². The number of aromatic nitrogens is 3. The molecular weight excluding hydrogens is 298 g/mol. The topological polar surface area (TPSA) is 43.9 Å². The summed E-state index contributed by atoms with van der Waals surface area (Å²) in [4.78, 5) is 0. The molecule has 4 nitrogen and oxygen atoms in total. The lowest BCUT2D eigenvalue weighted by molar-refractivity contribution is 0.528. The fourth-order valence-electron chi connectivity index (χ4n) is 3.10. The molecule has 0 bridgehead atoms. The number of hydrogen-bond donors (Lipinski definition) is 0. The molecule has 0 amide bonds. The molecule has 120 valence electrons. The Kier molecular flexibility index (Phi) is 3.45. The molecule has 4 rings (SSSR count). The van der Waals surface area contributed by atoms with E-state index in [0.717, 1.165) is 12.2 Å². The van der Waals surface area contributed by atoms with Gasteiger partial charge in [0, 0.05) is 24.4 Å². The fourth-order valence-corrected chi connectivity index (χ4v) is 3.10. The SMILES string of the molecule is Cc1ccc(C)c(Cn2c(-c3nnc(C)o3)cc3ccccc32)c1. The first-order chi connectivity index (χ1) is 11.6. The van der Waals surface area contributed by atoms with Gasteiger partial charge < -0.3 is 8.98 Å². The largest absolute Gasteiger partial charge is 0.420 e. The fraction of sp³-hybridized carbons (Fsp3) is 0.200. The van der Waals surface area contributed by atoms with E-state index in [1.165, 1.54) is 27.6 Å². The molecule has 4 aromatic rings. The number of hydrogen-bond acceptors (Lipinski definition) is 3. The van der Waals surface area contributed by atoms with Crippen LogP contribution < -0.4 is 0 Å². The predicted molar refractivity (Wildman–Crippen MR) is 95.0 cm³/mol. The highest BCUT2D eigenvalue weighted by Crippen LogP contribution is 2.29. The Balaban J connectivity index is 1.91. The van der Waals surface area contributed by atoms with Crippen LogP contribution in [-0.2, 0) is 6.54 Å². The van der Waals surface area contributed by atoms with E-state index >= 15 is 0 Å². The standard InChI is InChI=1S/C20H19N3O/c1-13-8-9-14(2)17(10-13)12-23-18-7-5-4-6-16(18)11-19(23)20-22-21-15(3)24-20/h4-11H,12H2,1-3H3. The van der Waals surface area contributed by atoms with Gasteiger partial charge in [0.2, 0.25) is 5.89 Å². The van der Waals surface area contributed by atoms with E-state index in [-0.39, 0.29) is 0 Å². The van der Waals surface area contributed by atoms with E-state index in [9.17, 15) is 0 Å². The second kappa shape index (κ2) is 5.64. The van der Waals surface area contributed by atoms with Crippen LogP contribution in [0.1, 0.15) is 22.6 Å². The predicted octanol–water partition coefficient (Wildman–Crippen LogP) is 4.66. The van der Waals surface area contributed by atoms with E-state index in [4.69, 9.17) is 4.42 Å². The molecule has 0 aliphatic heterocycles. The summed E-state index contributed by atoms with van der Waals surface area (Å²) in [6, 6.07) is 17.0. The summed E-state index contributed by atoms with van der Waals surface area (Å²) in [5.41, 5.74) is 5.98. The zero-order valence-electron chi connectivity index (χ0n) is 14.1. The summed E-state index contributed by atoms with van der Waals surface area (Å²) in [6.45, 7) is 6.86. The van der Waals surface area contributed by atoms with Gasteiger partial charge in [0.25, 0.3) is 5.89 Å². The van der Waals surface area contributed by atoms with Gasteiger partial charge in [-0.2, -0.15) is 0 Å². The lowest BCUT2D eigenvalue weighted by atomic mass is 10.1. The second-order valence-corrected chi connectivity index (χ2v) is 6.23. The van der Waals surface area contributed by atoms with E-state index in [1.54, 1.807) is 0 Å². The number of aryl methyl sites for hydroxylation is 3. The van der Waals surface area contributed by atoms with Gasteiger partial charge in [0.15, 0.2) is 0 Å². The van der Waals surface area contributed by atoms with Gasteiger partial charge >= 0.3 is 0 Å². The molecule has 2 aromatic carbocycles. The van der Waals surface area contributed by atoms with Crippen molar-refractivity contribution in [1.29, 1.82) is 0 Å². The van der Waals surface area contributed by atoms with Crippen LogP contribution in [-0.4, -0.2) is 14.8 Å². The lowest BCUT2D eigenvalue weighted by Crippen LogP contribution is -2.04. The highest BCUT2D eigenvalue weighted by Gasteiger charge is 2.16. The minimum Gasteiger partial charge on any atom is -0.420 e. The van der Waals surface area contributed by atoms with Crippen molar-refractivity contribution in [2.75, 3.05) is 0 Å². The van der Waals surface area contributed by atoms with Crippen molar-refractivity contribution in [2.24, 2.45) is 0 Å². The molecule has 0 N–H and O–H groups in total. The number of fused-ring (bicyclic) bond motifs is 1. The van der Waals surface area contributed by atoms with Crippen molar-refractivity contribution in [3.8, 4) is 11.6 Å². The van der Waals surface area contributed by atoms with Crippen molar-refractivity contribution >= 4 is 10.9 Å². The van der Waals surface area contributed by atoms with Crippen molar-refractivity contribution in [2.45, 2.75) is 27.3 Å². The lowest BCUT2D eigenvalue weighted by Gasteiger charge is -2.12. The maximum atomic E-state index is 5.69. The number of benzene rings is 2. The molecule has 0 atom stereocenters. The zero-order valence-corrected chi connectivity index (χ0v) is 14.1. The minimum absolute atomic E-state index is 0.564. The first-order valence-electron chi connectivity index (χ1n) is 8.07. The highest BCUT2D eigenvalue weighted by atomic mass is 16.4. The molecule has 4 heteroatoms. The van der Waals surface area contributed by atoms with Crippen LogP contribution in [0.3, 0.4) is 0 Å². The highest BCUT2D eigenvalue weighted by molar-refractivity contribution is 5.85. The Morgan fingerprint density at radius 2 is 1.79 bits per heavy atom. The second-order valence-electron chi connectivity index (χ2n) is 6.23. The Hall–Kier alpha value is -2.88. The molecule has 0 spiro atoms. The Bertz CT molecular complexity index is 1030. The molecule has 2 aromatic heterocycles. The molecule has 0 aliphatic rings. The van der Waals surface area contributed by atoms with Crippen LogP contribution in [0, 0.1) is 20.8 Å².